The summed E-state index contributed by atoms with van der Waals surface area (Å²) in [6.45, 7) is 3.95. The van der Waals surface area contributed by atoms with Crippen LogP contribution in [0.1, 0.15) is 23.0 Å². The summed E-state index contributed by atoms with van der Waals surface area (Å²) >= 11 is 0. The molecular weight excluding hydrogens is 254 g/mol. The highest BCUT2D eigenvalue weighted by atomic mass is 16.5. The molecule has 0 spiro atoms. The Morgan fingerprint density at radius 2 is 1.85 bits per heavy atom. The van der Waals surface area contributed by atoms with Gasteiger partial charge in [-0.25, -0.2) is 4.79 Å². The molecule has 4 heteroatoms. The van der Waals surface area contributed by atoms with Crippen molar-refractivity contribution in [2.75, 3.05) is 13.7 Å². The quantitative estimate of drug-likeness (QED) is 0.801. The van der Waals surface area contributed by atoms with E-state index in [9.17, 15) is 4.79 Å². The minimum absolute atomic E-state index is 0.334. The summed E-state index contributed by atoms with van der Waals surface area (Å²) in [5.74, 6) is 0.465. The maximum atomic E-state index is 11.7. The van der Waals surface area contributed by atoms with Crippen molar-refractivity contribution in [3.8, 4) is 17.0 Å². The van der Waals surface area contributed by atoms with Gasteiger partial charge < -0.3 is 9.47 Å². The minimum atomic E-state index is -0.334. The molecular formula is C16H17NO3. The van der Waals surface area contributed by atoms with Crippen LogP contribution in [0.4, 0.5) is 0 Å². The SMILES string of the molecule is CCOC(=O)c1ccc(-c2ccc(OC)cc2)nc1C. The maximum Gasteiger partial charge on any atom is 0.339 e. The van der Waals surface area contributed by atoms with Crippen LogP contribution in [0.15, 0.2) is 36.4 Å². The van der Waals surface area contributed by atoms with Crippen LogP contribution in [0, 0.1) is 6.92 Å². The zero-order valence-corrected chi connectivity index (χ0v) is 11.8. The largest absolute Gasteiger partial charge is 0.497 e. The molecule has 1 heterocycles. The molecule has 0 atom stereocenters. The first-order valence-electron chi connectivity index (χ1n) is 6.45. The molecule has 1 aromatic heterocycles. The number of carbonyl (C=O) groups excluding carboxylic acids is 1. The van der Waals surface area contributed by atoms with Crippen molar-refractivity contribution in [3.63, 3.8) is 0 Å². The number of esters is 1. The molecule has 0 radical (unpaired) electrons. The molecule has 0 saturated carbocycles. The van der Waals surface area contributed by atoms with Gasteiger partial charge in [-0.05, 0) is 50.2 Å². The Morgan fingerprint density at radius 1 is 1.15 bits per heavy atom. The molecule has 4 nitrogen and oxygen atoms in total. The number of hydrogen-bond acceptors (Lipinski definition) is 4. The van der Waals surface area contributed by atoms with E-state index in [1.807, 2.05) is 30.3 Å². The Bertz CT molecular complexity index is 606. The highest BCUT2D eigenvalue weighted by Gasteiger charge is 2.12. The minimum Gasteiger partial charge on any atom is -0.497 e. The molecule has 0 aliphatic rings. The van der Waals surface area contributed by atoms with E-state index in [-0.39, 0.29) is 5.97 Å². The van der Waals surface area contributed by atoms with Crippen molar-refractivity contribution in [1.82, 2.24) is 4.98 Å². The molecule has 20 heavy (non-hydrogen) atoms. The number of methoxy groups -OCH3 is 1. The van der Waals surface area contributed by atoms with Gasteiger partial charge in [0.15, 0.2) is 0 Å². The fourth-order valence-electron chi connectivity index (χ4n) is 1.91. The lowest BCUT2D eigenvalue weighted by molar-refractivity contribution is 0.0525. The van der Waals surface area contributed by atoms with Crippen LogP contribution in [0.2, 0.25) is 0 Å². The lowest BCUT2D eigenvalue weighted by Crippen LogP contribution is -2.08. The van der Waals surface area contributed by atoms with Gasteiger partial charge in [0.05, 0.1) is 30.7 Å². The van der Waals surface area contributed by atoms with Crippen LogP contribution in [0.5, 0.6) is 5.75 Å². The number of nitrogens with zero attached hydrogens (tertiary/aromatic N) is 1. The molecule has 0 bridgehead atoms. The van der Waals surface area contributed by atoms with Gasteiger partial charge in [0.25, 0.3) is 0 Å². The monoisotopic (exact) mass is 271 g/mol. The fraction of sp³-hybridized carbons (Fsp3) is 0.250. The number of benzene rings is 1. The Labute approximate surface area is 118 Å². The van der Waals surface area contributed by atoms with Gasteiger partial charge in [0.2, 0.25) is 0 Å². The first-order chi connectivity index (χ1) is 9.65. The van der Waals surface area contributed by atoms with Crippen LogP contribution >= 0.6 is 0 Å². The predicted octanol–water partition coefficient (Wildman–Crippen LogP) is 3.24. The van der Waals surface area contributed by atoms with Gasteiger partial charge in [0, 0.05) is 5.56 Å². The second-order valence-electron chi connectivity index (χ2n) is 4.28. The van der Waals surface area contributed by atoms with Crippen molar-refractivity contribution in [2.45, 2.75) is 13.8 Å². The molecule has 2 aromatic rings. The molecule has 2 rings (SSSR count). The Kier molecular flexibility index (Phi) is 4.35. The number of pyridine rings is 1. The summed E-state index contributed by atoms with van der Waals surface area (Å²) in [4.78, 5) is 16.2. The molecule has 1 aromatic carbocycles. The zero-order valence-electron chi connectivity index (χ0n) is 11.8. The van der Waals surface area contributed by atoms with E-state index in [0.717, 1.165) is 17.0 Å². The van der Waals surface area contributed by atoms with Crippen LogP contribution in [0.3, 0.4) is 0 Å². The molecule has 0 saturated heterocycles. The van der Waals surface area contributed by atoms with Gasteiger partial charge in [-0.15, -0.1) is 0 Å². The topological polar surface area (TPSA) is 48.4 Å². The van der Waals surface area contributed by atoms with Crippen molar-refractivity contribution in [1.29, 1.82) is 0 Å². The Balaban J connectivity index is 2.30. The second-order valence-corrected chi connectivity index (χ2v) is 4.28. The molecule has 0 unspecified atom stereocenters. The zero-order chi connectivity index (χ0) is 14.5. The third kappa shape index (κ3) is 2.96. The summed E-state index contributed by atoms with van der Waals surface area (Å²) < 4.78 is 10.1. The Morgan fingerprint density at radius 3 is 2.40 bits per heavy atom. The van der Waals surface area contributed by atoms with Gasteiger partial charge in [-0.2, -0.15) is 0 Å². The molecule has 0 fully saturated rings. The highest BCUT2D eigenvalue weighted by Crippen LogP contribution is 2.22. The first-order valence-corrected chi connectivity index (χ1v) is 6.45. The van der Waals surface area contributed by atoms with Crippen LogP contribution < -0.4 is 4.74 Å². The summed E-state index contributed by atoms with van der Waals surface area (Å²) in [6, 6.07) is 11.2. The summed E-state index contributed by atoms with van der Waals surface area (Å²) in [5, 5.41) is 0. The number of rotatable bonds is 4. The van der Waals surface area contributed by atoms with Gasteiger partial charge in [-0.3, -0.25) is 4.98 Å². The van der Waals surface area contributed by atoms with Crippen molar-refractivity contribution in [3.05, 3.63) is 47.7 Å². The van der Waals surface area contributed by atoms with E-state index in [0.29, 0.717) is 17.9 Å². The maximum absolute atomic E-state index is 11.7. The second kappa shape index (κ2) is 6.19. The van der Waals surface area contributed by atoms with E-state index in [1.54, 1.807) is 27.0 Å². The number of hydrogen-bond donors (Lipinski definition) is 0. The van der Waals surface area contributed by atoms with E-state index in [1.165, 1.54) is 0 Å². The van der Waals surface area contributed by atoms with Crippen LogP contribution in [-0.2, 0) is 4.74 Å². The smallest absolute Gasteiger partial charge is 0.339 e. The highest BCUT2D eigenvalue weighted by molar-refractivity contribution is 5.90. The van der Waals surface area contributed by atoms with Crippen LogP contribution in [0.25, 0.3) is 11.3 Å². The predicted molar refractivity (Wildman–Crippen MR) is 76.9 cm³/mol. The number of aryl methyl sites for hydroxylation is 1. The van der Waals surface area contributed by atoms with Gasteiger partial charge >= 0.3 is 5.97 Å². The average molecular weight is 271 g/mol. The van der Waals surface area contributed by atoms with Crippen molar-refractivity contribution < 1.29 is 14.3 Å². The van der Waals surface area contributed by atoms with E-state index in [2.05, 4.69) is 4.98 Å². The van der Waals surface area contributed by atoms with E-state index in [4.69, 9.17) is 9.47 Å². The normalized spacial score (nSPS) is 10.2. The van der Waals surface area contributed by atoms with Gasteiger partial charge in [-0.1, -0.05) is 0 Å². The van der Waals surface area contributed by atoms with E-state index < -0.39 is 0 Å². The van der Waals surface area contributed by atoms with Crippen molar-refractivity contribution >= 4 is 5.97 Å². The van der Waals surface area contributed by atoms with Crippen LogP contribution in [-0.4, -0.2) is 24.7 Å². The molecule has 0 aliphatic heterocycles. The lowest BCUT2D eigenvalue weighted by atomic mass is 10.1. The summed E-state index contributed by atoms with van der Waals surface area (Å²) in [7, 11) is 1.63. The first kappa shape index (κ1) is 14.1. The Hall–Kier alpha value is -2.36. The molecule has 104 valence electrons. The van der Waals surface area contributed by atoms with Gasteiger partial charge in [0.1, 0.15) is 5.75 Å². The molecule has 0 N–H and O–H groups in total. The fourth-order valence-corrected chi connectivity index (χ4v) is 1.91. The molecule has 0 aliphatic carbocycles. The van der Waals surface area contributed by atoms with Crippen molar-refractivity contribution in [2.24, 2.45) is 0 Å². The lowest BCUT2D eigenvalue weighted by Gasteiger charge is -2.08. The summed E-state index contributed by atoms with van der Waals surface area (Å²) in [5.41, 5.74) is 2.96. The standard InChI is InChI=1S/C16H17NO3/c1-4-20-16(18)14-9-10-15(17-11(14)2)12-5-7-13(19-3)8-6-12/h5-10H,4H2,1-3H3. The number of carbonyl (C=O) groups is 1. The number of aromatic nitrogens is 1. The average Bonchev–Trinajstić information content (AvgIpc) is 2.47. The van der Waals surface area contributed by atoms with E-state index >= 15 is 0 Å². The molecule has 0 amide bonds. The third-order valence-corrected chi connectivity index (χ3v) is 2.97. The number of ether oxygens (including phenoxy) is 2. The summed E-state index contributed by atoms with van der Waals surface area (Å²) in [6.07, 6.45) is 0. The third-order valence-electron chi connectivity index (χ3n) is 2.97.